The highest BCUT2D eigenvalue weighted by Crippen LogP contribution is 2.27. The molecule has 3 N–H and O–H groups in total. The van der Waals surface area contributed by atoms with Gasteiger partial charge in [-0.2, -0.15) is 4.98 Å². The molecule has 0 bridgehead atoms. The quantitative estimate of drug-likeness (QED) is 0.634. The van der Waals surface area contributed by atoms with Crippen molar-refractivity contribution in [3.8, 4) is 5.88 Å². The number of anilines is 1. The van der Waals surface area contributed by atoms with Gasteiger partial charge < -0.3 is 10.2 Å². The Balaban J connectivity index is 2.19. The van der Waals surface area contributed by atoms with Crippen molar-refractivity contribution in [3.05, 3.63) is 11.4 Å². The number of hydrogen-bond acceptors (Lipinski definition) is 5. The molecule has 0 atom stereocenters. The summed E-state index contributed by atoms with van der Waals surface area (Å²) in [7, 11) is 0. The Kier molecular flexibility index (Phi) is 4.36. The molecular formula is C13H22N4O. The summed E-state index contributed by atoms with van der Waals surface area (Å²) in [6.45, 7) is 3.96. The first kappa shape index (κ1) is 13.1. The van der Waals surface area contributed by atoms with Gasteiger partial charge in [0.15, 0.2) is 0 Å². The van der Waals surface area contributed by atoms with Crippen LogP contribution in [0.5, 0.6) is 5.88 Å². The molecule has 0 spiro atoms. The van der Waals surface area contributed by atoms with E-state index in [9.17, 15) is 0 Å². The molecular weight excluding hydrogens is 228 g/mol. The average molecular weight is 250 g/mol. The Bertz CT molecular complexity index is 402. The number of aromatic nitrogens is 2. The molecule has 2 rings (SSSR count). The maximum absolute atomic E-state index is 6.02. The second-order valence-corrected chi connectivity index (χ2v) is 4.79. The topological polar surface area (TPSA) is 73.1 Å². The van der Waals surface area contributed by atoms with E-state index in [1.807, 2.05) is 13.8 Å². The number of ether oxygens (including phenoxy) is 1. The van der Waals surface area contributed by atoms with Crippen molar-refractivity contribution >= 4 is 5.82 Å². The lowest BCUT2D eigenvalue weighted by Gasteiger charge is -2.23. The van der Waals surface area contributed by atoms with Crippen molar-refractivity contribution in [1.82, 2.24) is 9.97 Å². The molecule has 0 unspecified atom stereocenters. The van der Waals surface area contributed by atoms with Gasteiger partial charge in [-0.25, -0.2) is 10.8 Å². The van der Waals surface area contributed by atoms with Gasteiger partial charge in [-0.1, -0.05) is 13.3 Å². The number of hydrazine groups is 1. The largest absolute Gasteiger partial charge is 0.474 e. The van der Waals surface area contributed by atoms with E-state index < -0.39 is 0 Å². The van der Waals surface area contributed by atoms with Crippen molar-refractivity contribution in [3.63, 3.8) is 0 Å². The summed E-state index contributed by atoms with van der Waals surface area (Å²) in [5.41, 5.74) is 3.51. The van der Waals surface area contributed by atoms with Crippen molar-refractivity contribution in [1.29, 1.82) is 0 Å². The molecule has 1 aromatic rings. The van der Waals surface area contributed by atoms with Gasteiger partial charge >= 0.3 is 0 Å². The van der Waals surface area contributed by atoms with Gasteiger partial charge in [0, 0.05) is 6.42 Å². The SMILES string of the molecule is CCc1nc(NN)c(C)c(OC2CCCCC2)n1. The summed E-state index contributed by atoms with van der Waals surface area (Å²) < 4.78 is 6.02. The third-order valence-electron chi connectivity index (χ3n) is 3.43. The molecule has 0 amide bonds. The zero-order valence-corrected chi connectivity index (χ0v) is 11.2. The van der Waals surface area contributed by atoms with Gasteiger partial charge in [0.1, 0.15) is 17.7 Å². The molecule has 100 valence electrons. The molecule has 1 heterocycles. The minimum Gasteiger partial charge on any atom is -0.474 e. The number of hydrogen-bond donors (Lipinski definition) is 2. The predicted octanol–water partition coefficient (Wildman–Crippen LogP) is 2.34. The lowest BCUT2D eigenvalue weighted by atomic mass is 9.98. The Morgan fingerprint density at radius 1 is 1.28 bits per heavy atom. The molecule has 0 aromatic carbocycles. The smallest absolute Gasteiger partial charge is 0.222 e. The fourth-order valence-corrected chi connectivity index (χ4v) is 2.29. The predicted molar refractivity (Wildman–Crippen MR) is 71.5 cm³/mol. The first-order valence-corrected chi connectivity index (χ1v) is 6.75. The van der Waals surface area contributed by atoms with E-state index >= 15 is 0 Å². The normalized spacial score (nSPS) is 16.6. The number of aryl methyl sites for hydroxylation is 1. The molecule has 0 saturated heterocycles. The fourth-order valence-electron chi connectivity index (χ4n) is 2.29. The molecule has 1 fully saturated rings. The van der Waals surface area contributed by atoms with E-state index in [2.05, 4.69) is 15.4 Å². The molecule has 18 heavy (non-hydrogen) atoms. The highest BCUT2D eigenvalue weighted by molar-refractivity contribution is 5.47. The van der Waals surface area contributed by atoms with Gasteiger partial charge in [-0.15, -0.1) is 0 Å². The minimum atomic E-state index is 0.294. The zero-order valence-electron chi connectivity index (χ0n) is 11.2. The molecule has 1 saturated carbocycles. The van der Waals surface area contributed by atoms with Crippen LogP contribution in [0.2, 0.25) is 0 Å². The van der Waals surface area contributed by atoms with Crippen LogP contribution in [0.1, 0.15) is 50.4 Å². The summed E-state index contributed by atoms with van der Waals surface area (Å²) in [6.07, 6.45) is 7.12. The average Bonchev–Trinajstić information content (AvgIpc) is 2.42. The fraction of sp³-hybridized carbons (Fsp3) is 0.692. The van der Waals surface area contributed by atoms with E-state index in [1.165, 1.54) is 19.3 Å². The van der Waals surface area contributed by atoms with Gasteiger partial charge in [-0.05, 0) is 32.6 Å². The second-order valence-electron chi connectivity index (χ2n) is 4.79. The van der Waals surface area contributed by atoms with Gasteiger partial charge in [-0.3, -0.25) is 0 Å². The highest BCUT2D eigenvalue weighted by Gasteiger charge is 2.18. The first-order chi connectivity index (χ1) is 8.74. The van der Waals surface area contributed by atoms with Crippen LogP contribution in [0.4, 0.5) is 5.82 Å². The molecule has 5 heteroatoms. The van der Waals surface area contributed by atoms with Crippen LogP contribution >= 0.6 is 0 Å². The Morgan fingerprint density at radius 3 is 2.61 bits per heavy atom. The van der Waals surface area contributed by atoms with Crippen LogP contribution in [0.3, 0.4) is 0 Å². The standard InChI is InChI=1S/C13H22N4O/c1-3-11-15-12(17-14)9(2)13(16-11)18-10-7-5-4-6-8-10/h10H,3-8,14H2,1-2H3,(H,15,16,17). The van der Waals surface area contributed by atoms with Crippen molar-refractivity contribution in [2.45, 2.75) is 58.5 Å². The molecule has 0 radical (unpaired) electrons. The van der Waals surface area contributed by atoms with Gasteiger partial charge in [0.25, 0.3) is 0 Å². The molecule has 0 aliphatic heterocycles. The van der Waals surface area contributed by atoms with Crippen molar-refractivity contribution in [2.75, 3.05) is 5.43 Å². The van der Waals surface area contributed by atoms with Crippen LogP contribution in [-0.2, 0) is 6.42 Å². The summed E-state index contributed by atoms with van der Waals surface area (Å²) in [6, 6.07) is 0. The Hall–Kier alpha value is -1.36. The van der Waals surface area contributed by atoms with E-state index in [1.54, 1.807) is 0 Å². The Labute approximate surface area is 108 Å². The lowest BCUT2D eigenvalue weighted by molar-refractivity contribution is 0.147. The molecule has 1 aromatic heterocycles. The molecule has 1 aliphatic carbocycles. The first-order valence-electron chi connectivity index (χ1n) is 6.75. The number of nitrogen functional groups attached to an aromatic ring is 1. The van der Waals surface area contributed by atoms with E-state index in [0.717, 1.165) is 30.7 Å². The van der Waals surface area contributed by atoms with E-state index in [-0.39, 0.29) is 0 Å². The van der Waals surface area contributed by atoms with Crippen LogP contribution in [0.25, 0.3) is 0 Å². The lowest BCUT2D eigenvalue weighted by Crippen LogP contribution is -2.22. The third kappa shape index (κ3) is 2.90. The van der Waals surface area contributed by atoms with Gasteiger partial charge in [0.05, 0.1) is 5.56 Å². The van der Waals surface area contributed by atoms with E-state index in [0.29, 0.717) is 17.8 Å². The molecule has 5 nitrogen and oxygen atoms in total. The van der Waals surface area contributed by atoms with Gasteiger partial charge in [0.2, 0.25) is 5.88 Å². The third-order valence-corrected chi connectivity index (χ3v) is 3.43. The number of nitrogens with two attached hydrogens (primary N) is 1. The molecule has 1 aliphatic rings. The minimum absolute atomic E-state index is 0.294. The zero-order chi connectivity index (χ0) is 13.0. The Morgan fingerprint density at radius 2 is 2.00 bits per heavy atom. The summed E-state index contributed by atoms with van der Waals surface area (Å²) >= 11 is 0. The van der Waals surface area contributed by atoms with Crippen LogP contribution in [0, 0.1) is 6.92 Å². The van der Waals surface area contributed by atoms with Crippen molar-refractivity contribution < 1.29 is 4.74 Å². The number of nitrogens with zero attached hydrogens (tertiary/aromatic N) is 2. The van der Waals surface area contributed by atoms with Crippen LogP contribution in [-0.4, -0.2) is 16.1 Å². The number of nitrogens with one attached hydrogen (secondary N) is 1. The van der Waals surface area contributed by atoms with Crippen LogP contribution in [0.15, 0.2) is 0 Å². The summed E-state index contributed by atoms with van der Waals surface area (Å²) in [4.78, 5) is 8.80. The summed E-state index contributed by atoms with van der Waals surface area (Å²) in [5, 5.41) is 0. The summed E-state index contributed by atoms with van der Waals surface area (Å²) in [5.74, 6) is 7.59. The number of rotatable bonds is 4. The monoisotopic (exact) mass is 250 g/mol. The maximum atomic E-state index is 6.02. The second kappa shape index (κ2) is 6.00. The maximum Gasteiger partial charge on any atom is 0.222 e. The highest BCUT2D eigenvalue weighted by atomic mass is 16.5. The van der Waals surface area contributed by atoms with Crippen LogP contribution < -0.4 is 16.0 Å². The van der Waals surface area contributed by atoms with Crippen molar-refractivity contribution in [2.24, 2.45) is 5.84 Å². The van der Waals surface area contributed by atoms with E-state index in [4.69, 9.17) is 10.6 Å².